The first-order valence-corrected chi connectivity index (χ1v) is 11.7. The van der Waals surface area contributed by atoms with Gasteiger partial charge in [0.25, 0.3) is 11.8 Å². The van der Waals surface area contributed by atoms with Crippen LogP contribution < -0.4 is 21.1 Å². The first kappa shape index (κ1) is 24.4. The van der Waals surface area contributed by atoms with Crippen LogP contribution in [0.4, 0.5) is 11.4 Å². The van der Waals surface area contributed by atoms with Crippen molar-refractivity contribution in [2.75, 3.05) is 43.2 Å². The molecule has 0 spiro atoms. The number of hydrogen-bond donors (Lipinski definition) is 3. The zero-order chi connectivity index (χ0) is 24.6. The number of carbonyl (C=O) groups is 3. The second kappa shape index (κ2) is 11.6. The minimum Gasteiger partial charge on any atom is -0.379 e. The van der Waals surface area contributed by atoms with Gasteiger partial charge in [-0.25, -0.2) is 10.0 Å². The Balaban J connectivity index is 1.30. The van der Waals surface area contributed by atoms with E-state index in [1.54, 1.807) is 19.1 Å². The summed E-state index contributed by atoms with van der Waals surface area (Å²) in [7, 11) is 0. The smallest absolute Gasteiger partial charge is 0.288 e. The lowest BCUT2D eigenvalue weighted by atomic mass is 10.2. The van der Waals surface area contributed by atoms with Crippen molar-refractivity contribution < 1.29 is 19.1 Å². The van der Waals surface area contributed by atoms with Crippen molar-refractivity contribution in [2.24, 2.45) is 4.99 Å². The van der Waals surface area contributed by atoms with Gasteiger partial charge in [0.15, 0.2) is 0 Å². The highest BCUT2D eigenvalue weighted by atomic mass is 16.5. The summed E-state index contributed by atoms with van der Waals surface area (Å²) in [5.74, 6) is -0.665. The number of amides is 3. The Kier molecular flexibility index (Phi) is 8.07. The average molecular weight is 479 g/mol. The average Bonchev–Trinajstić information content (AvgIpc) is 2.89. The zero-order valence-electron chi connectivity index (χ0n) is 19.7. The molecule has 0 radical (unpaired) electrons. The molecule has 184 valence electrons. The zero-order valence-corrected chi connectivity index (χ0v) is 19.7. The largest absolute Gasteiger partial charge is 0.379 e. The molecule has 3 amide bonds. The molecule has 10 nitrogen and oxygen atoms in total. The van der Waals surface area contributed by atoms with E-state index in [0.717, 1.165) is 18.7 Å². The number of anilines is 2. The van der Waals surface area contributed by atoms with Crippen LogP contribution in [0.2, 0.25) is 0 Å². The fourth-order valence-corrected chi connectivity index (χ4v) is 3.84. The molecule has 0 aromatic heterocycles. The van der Waals surface area contributed by atoms with Gasteiger partial charge in [0.2, 0.25) is 11.7 Å². The van der Waals surface area contributed by atoms with E-state index in [0.29, 0.717) is 37.6 Å². The van der Waals surface area contributed by atoms with Gasteiger partial charge in [-0.3, -0.25) is 24.7 Å². The second-order valence-electron chi connectivity index (χ2n) is 8.41. The van der Waals surface area contributed by atoms with E-state index in [9.17, 15) is 14.4 Å². The Morgan fingerprint density at radius 2 is 1.89 bits per heavy atom. The highest BCUT2D eigenvalue weighted by Gasteiger charge is 2.30. The summed E-state index contributed by atoms with van der Waals surface area (Å²) in [5.41, 5.74) is 4.94. The third-order valence-corrected chi connectivity index (χ3v) is 5.77. The standard InChI is InChI=1S/C25H30N6O4/c1-18-25(34)31(21-8-3-2-4-9-21)29-23(27-18)24(33)26-17-19-6-5-7-20(16-19)28-22(32)10-11-30-12-14-35-15-13-30/h2-9,16,18H,10-15,17H2,1H3,(H,26,33)(H,27,29)(H,28,32). The van der Waals surface area contributed by atoms with Crippen LogP contribution >= 0.6 is 0 Å². The molecule has 1 saturated heterocycles. The summed E-state index contributed by atoms with van der Waals surface area (Å²) in [4.78, 5) is 44.1. The minimum absolute atomic E-state index is 0.0573. The summed E-state index contributed by atoms with van der Waals surface area (Å²) >= 11 is 0. The first-order chi connectivity index (χ1) is 17.0. The second-order valence-corrected chi connectivity index (χ2v) is 8.41. The number of para-hydroxylation sites is 1. The maximum absolute atomic E-state index is 12.8. The van der Waals surface area contributed by atoms with Crippen LogP contribution in [-0.4, -0.2) is 67.3 Å². The lowest BCUT2D eigenvalue weighted by Crippen LogP contribution is -2.57. The Morgan fingerprint density at radius 1 is 1.11 bits per heavy atom. The van der Waals surface area contributed by atoms with Crippen LogP contribution in [0.5, 0.6) is 0 Å². The summed E-state index contributed by atoms with van der Waals surface area (Å²) < 4.78 is 5.33. The van der Waals surface area contributed by atoms with E-state index in [1.165, 1.54) is 5.01 Å². The van der Waals surface area contributed by atoms with Crippen LogP contribution in [0, 0.1) is 0 Å². The van der Waals surface area contributed by atoms with Crippen molar-refractivity contribution >= 4 is 34.9 Å². The first-order valence-electron chi connectivity index (χ1n) is 11.7. The number of hydrazine groups is 1. The van der Waals surface area contributed by atoms with Gasteiger partial charge < -0.3 is 15.4 Å². The molecule has 0 bridgehead atoms. The highest BCUT2D eigenvalue weighted by molar-refractivity contribution is 6.39. The molecule has 4 rings (SSSR count). The van der Waals surface area contributed by atoms with Crippen molar-refractivity contribution in [3.8, 4) is 0 Å². The SMILES string of the molecule is CC1N=C(C(=O)NCc2cccc(NC(=O)CCN3CCOCC3)c2)NN(c2ccccc2)C1=O. The van der Waals surface area contributed by atoms with Crippen LogP contribution in [0.15, 0.2) is 59.6 Å². The van der Waals surface area contributed by atoms with E-state index < -0.39 is 11.9 Å². The molecular formula is C25H30N6O4. The Labute approximate surface area is 204 Å². The van der Waals surface area contributed by atoms with Gasteiger partial charge in [0, 0.05) is 38.3 Å². The lowest BCUT2D eigenvalue weighted by molar-refractivity contribution is -0.120. The molecule has 3 N–H and O–H groups in total. The van der Waals surface area contributed by atoms with Crippen molar-refractivity contribution in [1.82, 2.24) is 15.6 Å². The van der Waals surface area contributed by atoms with Crippen LogP contribution in [0.1, 0.15) is 18.9 Å². The molecule has 35 heavy (non-hydrogen) atoms. The lowest BCUT2D eigenvalue weighted by Gasteiger charge is -2.30. The van der Waals surface area contributed by atoms with Crippen LogP contribution in [-0.2, 0) is 25.7 Å². The van der Waals surface area contributed by atoms with Gasteiger partial charge in [-0.2, -0.15) is 0 Å². The van der Waals surface area contributed by atoms with E-state index in [-0.39, 0.29) is 24.2 Å². The van der Waals surface area contributed by atoms with E-state index >= 15 is 0 Å². The normalized spacial score (nSPS) is 18.4. The van der Waals surface area contributed by atoms with Crippen molar-refractivity contribution in [1.29, 1.82) is 0 Å². The molecule has 1 unspecified atom stereocenters. The molecule has 2 aliphatic rings. The number of hydrogen-bond acceptors (Lipinski definition) is 7. The molecule has 0 saturated carbocycles. The molecule has 2 aromatic rings. The van der Waals surface area contributed by atoms with Crippen LogP contribution in [0.3, 0.4) is 0 Å². The van der Waals surface area contributed by atoms with Gasteiger partial charge in [-0.15, -0.1) is 0 Å². The molecule has 0 aliphatic carbocycles. The Bertz CT molecular complexity index is 1080. The van der Waals surface area contributed by atoms with Gasteiger partial charge in [-0.05, 0) is 36.8 Å². The number of amidine groups is 1. The van der Waals surface area contributed by atoms with Gasteiger partial charge in [0.05, 0.1) is 18.9 Å². The predicted molar refractivity (Wildman–Crippen MR) is 133 cm³/mol. The number of ether oxygens (including phenoxy) is 1. The van der Waals surface area contributed by atoms with Crippen molar-refractivity contribution in [2.45, 2.75) is 25.9 Å². The monoisotopic (exact) mass is 478 g/mol. The number of aliphatic imine (C=N–C) groups is 1. The molecule has 10 heteroatoms. The quantitative estimate of drug-likeness (QED) is 0.527. The van der Waals surface area contributed by atoms with E-state index in [1.807, 2.05) is 42.5 Å². The molecule has 2 aromatic carbocycles. The highest BCUT2D eigenvalue weighted by Crippen LogP contribution is 2.16. The Hall–Kier alpha value is -3.76. The fraction of sp³-hybridized carbons (Fsp3) is 0.360. The van der Waals surface area contributed by atoms with Crippen LogP contribution in [0.25, 0.3) is 0 Å². The predicted octanol–water partition coefficient (Wildman–Crippen LogP) is 1.30. The molecule has 2 heterocycles. The fourth-order valence-electron chi connectivity index (χ4n) is 3.84. The number of rotatable bonds is 8. The number of nitrogens with one attached hydrogen (secondary N) is 3. The summed E-state index contributed by atoms with van der Waals surface area (Å²) in [6, 6.07) is 15.7. The number of nitrogens with zero attached hydrogens (tertiary/aromatic N) is 3. The number of morpholine rings is 1. The molecule has 1 fully saturated rings. The summed E-state index contributed by atoms with van der Waals surface area (Å²) in [6.45, 7) is 5.69. The maximum atomic E-state index is 12.8. The van der Waals surface area contributed by atoms with E-state index in [4.69, 9.17) is 4.74 Å². The number of benzene rings is 2. The molecule has 2 aliphatic heterocycles. The van der Waals surface area contributed by atoms with Crippen molar-refractivity contribution in [3.05, 3.63) is 60.2 Å². The summed E-state index contributed by atoms with van der Waals surface area (Å²) in [5, 5.41) is 7.07. The van der Waals surface area contributed by atoms with Gasteiger partial charge in [-0.1, -0.05) is 30.3 Å². The molecule has 1 atom stereocenters. The topological polar surface area (TPSA) is 115 Å². The van der Waals surface area contributed by atoms with Gasteiger partial charge in [0.1, 0.15) is 6.04 Å². The number of carbonyl (C=O) groups excluding carboxylic acids is 3. The van der Waals surface area contributed by atoms with Gasteiger partial charge >= 0.3 is 0 Å². The third-order valence-electron chi connectivity index (χ3n) is 5.77. The maximum Gasteiger partial charge on any atom is 0.288 e. The summed E-state index contributed by atoms with van der Waals surface area (Å²) in [6.07, 6.45) is 0.404. The molecular weight excluding hydrogens is 448 g/mol. The van der Waals surface area contributed by atoms with E-state index in [2.05, 4.69) is 26.0 Å². The third kappa shape index (κ3) is 6.65. The van der Waals surface area contributed by atoms with Crippen molar-refractivity contribution in [3.63, 3.8) is 0 Å². The minimum atomic E-state index is -0.687. The Morgan fingerprint density at radius 3 is 2.66 bits per heavy atom.